The van der Waals surface area contributed by atoms with E-state index in [0.717, 1.165) is 18.4 Å². The lowest BCUT2D eigenvalue weighted by Crippen LogP contribution is -2.23. The number of nitro benzene ring substituents is 1. The van der Waals surface area contributed by atoms with Crippen molar-refractivity contribution in [2.45, 2.75) is 19.4 Å². The first-order chi connectivity index (χ1) is 14.5. The molecule has 0 spiro atoms. The van der Waals surface area contributed by atoms with Crippen molar-refractivity contribution in [3.05, 3.63) is 82.2 Å². The summed E-state index contributed by atoms with van der Waals surface area (Å²) in [7, 11) is 0. The van der Waals surface area contributed by atoms with Crippen LogP contribution >= 0.6 is 0 Å². The van der Waals surface area contributed by atoms with Crippen LogP contribution in [-0.4, -0.2) is 26.5 Å². The summed E-state index contributed by atoms with van der Waals surface area (Å²) in [5.41, 5.74) is 2.17. The van der Waals surface area contributed by atoms with Crippen LogP contribution in [0.2, 0.25) is 0 Å². The Bertz CT molecular complexity index is 1120. The normalized spacial score (nSPS) is 12.9. The number of benzene rings is 2. The van der Waals surface area contributed by atoms with Crippen LogP contribution in [0.1, 0.15) is 28.9 Å². The number of nitro groups is 1. The molecule has 4 rings (SSSR count). The first kappa shape index (κ1) is 19.3. The lowest BCUT2D eigenvalue weighted by atomic mass is 10.2. The number of amides is 2. The van der Waals surface area contributed by atoms with E-state index in [0.29, 0.717) is 11.4 Å². The van der Waals surface area contributed by atoms with Crippen molar-refractivity contribution in [2.75, 3.05) is 5.32 Å². The molecule has 1 aliphatic rings. The Kier molecular flexibility index (Phi) is 5.25. The van der Waals surface area contributed by atoms with Gasteiger partial charge in [-0.2, -0.15) is 5.10 Å². The van der Waals surface area contributed by atoms with Crippen molar-refractivity contribution in [1.29, 1.82) is 0 Å². The van der Waals surface area contributed by atoms with Crippen LogP contribution in [0.15, 0.2) is 60.8 Å². The molecule has 0 radical (unpaired) electrons. The summed E-state index contributed by atoms with van der Waals surface area (Å²) in [6, 6.07) is 14.9. The number of nitrogens with zero attached hydrogens (tertiary/aromatic N) is 3. The number of carbonyl (C=O) groups is 2. The zero-order valence-corrected chi connectivity index (χ0v) is 15.9. The van der Waals surface area contributed by atoms with Gasteiger partial charge in [0.15, 0.2) is 5.69 Å². The van der Waals surface area contributed by atoms with E-state index in [4.69, 9.17) is 0 Å². The molecule has 2 aromatic carbocycles. The molecule has 0 saturated heterocycles. The number of nitrogens with one attached hydrogen (secondary N) is 2. The molecule has 2 amide bonds. The molecule has 30 heavy (non-hydrogen) atoms. The molecule has 152 valence electrons. The first-order valence-corrected chi connectivity index (χ1v) is 9.48. The van der Waals surface area contributed by atoms with Crippen LogP contribution in [0.4, 0.5) is 11.4 Å². The highest BCUT2D eigenvalue weighted by Gasteiger charge is 2.29. The van der Waals surface area contributed by atoms with E-state index in [1.165, 1.54) is 16.8 Å². The average Bonchev–Trinajstić information content (AvgIpc) is 3.49. The first-order valence-electron chi connectivity index (χ1n) is 9.48. The zero-order valence-electron chi connectivity index (χ0n) is 15.9. The highest BCUT2D eigenvalue weighted by atomic mass is 16.6. The Hall–Kier alpha value is -4.01. The summed E-state index contributed by atoms with van der Waals surface area (Å²) in [5.74, 6) is -0.219. The number of hydrogen-bond acceptors (Lipinski definition) is 5. The second-order valence-electron chi connectivity index (χ2n) is 7.07. The fraction of sp³-hybridized carbons (Fsp3) is 0.190. The van der Waals surface area contributed by atoms with Gasteiger partial charge in [-0.15, -0.1) is 0 Å². The van der Waals surface area contributed by atoms with Gasteiger partial charge in [-0.05, 0) is 42.7 Å². The van der Waals surface area contributed by atoms with E-state index >= 15 is 0 Å². The molecule has 0 aliphatic heterocycles. The highest BCUT2D eigenvalue weighted by molar-refractivity contribution is 5.94. The molecule has 0 atom stereocenters. The van der Waals surface area contributed by atoms with Gasteiger partial charge in [0.05, 0.1) is 10.6 Å². The largest absolute Gasteiger partial charge is 0.347 e. The Morgan fingerprint density at radius 1 is 1.13 bits per heavy atom. The zero-order chi connectivity index (χ0) is 21.1. The average molecular weight is 405 g/mol. The van der Waals surface area contributed by atoms with Crippen molar-refractivity contribution in [2.24, 2.45) is 5.92 Å². The van der Waals surface area contributed by atoms with Crippen LogP contribution in [0.25, 0.3) is 5.69 Å². The molecular weight excluding hydrogens is 386 g/mol. The van der Waals surface area contributed by atoms with Crippen LogP contribution in [0, 0.1) is 16.0 Å². The van der Waals surface area contributed by atoms with Gasteiger partial charge in [0.2, 0.25) is 5.91 Å². The molecule has 3 aromatic rings. The second kappa shape index (κ2) is 8.16. The van der Waals surface area contributed by atoms with Gasteiger partial charge in [0.25, 0.3) is 11.6 Å². The predicted octanol–water partition coefficient (Wildman–Crippen LogP) is 3.06. The minimum absolute atomic E-state index is 0.0304. The molecule has 0 unspecified atom stereocenters. The topological polar surface area (TPSA) is 119 Å². The van der Waals surface area contributed by atoms with E-state index in [1.54, 1.807) is 24.4 Å². The van der Waals surface area contributed by atoms with Gasteiger partial charge in [-0.1, -0.05) is 18.2 Å². The maximum absolute atomic E-state index is 12.4. The number of non-ortho nitro benzene ring substituents is 1. The van der Waals surface area contributed by atoms with E-state index < -0.39 is 4.92 Å². The third-order valence-corrected chi connectivity index (χ3v) is 4.72. The van der Waals surface area contributed by atoms with Gasteiger partial charge < -0.3 is 10.6 Å². The van der Waals surface area contributed by atoms with E-state index in [1.807, 2.05) is 24.3 Å². The van der Waals surface area contributed by atoms with Crippen molar-refractivity contribution in [3.63, 3.8) is 0 Å². The Morgan fingerprint density at radius 2 is 1.93 bits per heavy atom. The Labute approximate surface area is 171 Å². The third kappa shape index (κ3) is 4.52. The summed E-state index contributed by atoms with van der Waals surface area (Å²) in [5, 5.41) is 20.8. The van der Waals surface area contributed by atoms with Crippen LogP contribution in [-0.2, 0) is 11.3 Å². The molecule has 9 heteroatoms. The van der Waals surface area contributed by atoms with Crippen molar-refractivity contribution in [1.82, 2.24) is 15.1 Å². The van der Waals surface area contributed by atoms with E-state index in [-0.39, 0.29) is 35.7 Å². The number of anilines is 1. The molecule has 1 saturated carbocycles. The summed E-state index contributed by atoms with van der Waals surface area (Å²) in [4.78, 5) is 34.8. The van der Waals surface area contributed by atoms with E-state index in [2.05, 4.69) is 15.7 Å². The maximum atomic E-state index is 12.4. The highest BCUT2D eigenvalue weighted by Crippen LogP contribution is 2.30. The summed E-state index contributed by atoms with van der Waals surface area (Å²) in [6.07, 6.45) is 3.44. The molecule has 1 heterocycles. The lowest BCUT2D eigenvalue weighted by molar-refractivity contribution is -0.384. The molecule has 1 aromatic heterocycles. The third-order valence-electron chi connectivity index (χ3n) is 4.72. The molecule has 0 bridgehead atoms. The minimum atomic E-state index is -0.484. The summed E-state index contributed by atoms with van der Waals surface area (Å²) in [6.45, 7) is 0.273. The second-order valence-corrected chi connectivity index (χ2v) is 7.07. The molecule has 1 aliphatic carbocycles. The number of aromatic nitrogens is 2. The monoisotopic (exact) mass is 405 g/mol. The molecule has 9 nitrogen and oxygen atoms in total. The minimum Gasteiger partial charge on any atom is -0.347 e. The molecule has 1 fully saturated rings. The van der Waals surface area contributed by atoms with Gasteiger partial charge >= 0.3 is 0 Å². The maximum Gasteiger partial charge on any atom is 0.272 e. The predicted molar refractivity (Wildman–Crippen MR) is 109 cm³/mol. The van der Waals surface area contributed by atoms with E-state index in [9.17, 15) is 19.7 Å². The van der Waals surface area contributed by atoms with Crippen LogP contribution in [0.3, 0.4) is 0 Å². The van der Waals surface area contributed by atoms with Crippen LogP contribution in [0.5, 0.6) is 0 Å². The molecular formula is C21H19N5O4. The fourth-order valence-electron chi connectivity index (χ4n) is 2.96. The Balaban J connectivity index is 1.38. The van der Waals surface area contributed by atoms with Crippen molar-refractivity contribution < 1.29 is 14.5 Å². The summed E-state index contributed by atoms with van der Waals surface area (Å²) < 4.78 is 1.41. The fourth-order valence-corrected chi connectivity index (χ4v) is 2.96. The quantitative estimate of drug-likeness (QED) is 0.462. The SMILES string of the molecule is O=C(NCc1cccc(NC(=O)C2CC2)c1)c1ccn(-c2cccc([N+](=O)[O-])c2)n1. The van der Waals surface area contributed by atoms with Crippen LogP contribution < -0.4 is 10.6 Å². The standard InChI is InChI=1S/C21H19N5O4/c27-20(15-7-8-15)23-16-4-1-3-14(11-16)13-22-21(28)19-9-10-25(24-19)17-5-2-6-18(12-17)26(29)30/h1-6,9-12,15H,7-8,13H2,(H,22,28)(H,23,27). The van der Waals surface area contributed by atoms with Gasteiger partial charge in [-0.3, -0.25) is 19.7 Å². The van der Waals surface area contributed by atoms with Gasteiger partial charge in [0.1, 0.15) is 0 Å². The number of hydrogen-bond donors (Lipinski definition) is 2. The smallest absolute Gasteiger partial charge is 0.272 e. The number of rotatable bonds is 7. The Morgan fingerprint density at radius 3 is 2.70 bits per heavy atom. The van der Waals surface area contributed by atoms with Gasteiger partial charge in [-0.25, -0.2) is 4.68 Å². The lowest BCUT2D eigenvalue weighted by Gasteiger charge is -2.08. The van der Waals surface area contributed by atoms with Gasteiger partial charge in [0, 0.05) is 36.5 Å². The molecule has 2 N–H and O–H groups in total. The van der Waals surface area contributed by atoms with Crippen molar-refractivity contribution >= 4 is 23.2 Å². The summed E-state index contributed by atoms with van der Waals surface area (Å²) >= 11 is 0. The number of carbonyl (C=O) groups excluding carboxylic acids is 2. The van der Waals surface area contributed by atoms with Crippen molar-refractivity contribution in [3.8, 4) is 5.69 Å².